The van der Waals surface area contributed by atoms with Crippen LogP contribution >= 0.6 is 0 Å². The highest BCUT2D eigenvalue weighted by Gasteiger charge is 2.13. The lowest BCUT2D eigenvalue weighted by Crippen LogP contribution is -2.36. The molecule has 2 aromatic rings. The van der Waals surface area contributed by atoms with Gasteiger partial charge in [0.1, 0.15) is 0 Å². The summed E-state index contributed by atoms with van der Waals surface area (Å²) < 4.78 is 11.1. The Labute approximate surface area is 175 Å². The van der Waals surface area contributed by atoms with Gasteiger partial charge in [0, 0.05) is 24.8 Å². The molecule has 8 nitrogen and oxygen atoms in total. The van der Waals surface area contributed by atoms with Crippen LogP contribution in [0.25, 0.3) is 0 Å². The normalized spacial score (nSPS) is 10.1. The molecule has 0 saturated carbocycles. The largest absolute Gasteiger partial charge is 0.490 e. The molecule has 0 aromatic heterocycles. The third kappa shape index (κ3) is 7.12. The standard InChI is InChI=1S/C22H27N3O5/c1-4-29-19-11-6-16(14-20(19)30-5-2)12-13-23-21(27)22(28)25-18-9-7-17(8-10-18)24-15(3)26/h6-11,14H,4-5,12-13H2,1-3H3,(H,23,27)(H,24,26)(H,25,28). The van der Waals surface area contributed by atoms with E-state index in [-0.39, 0.29) is 5.91 Å². The van der Waals surface area contributed by atoms with E-state index in [0.717, 1.165) is 5.56 Å². The second-order valence-electron chi connectivity index (χ2n) is 6.37. The molecule has 30 heavy (non-hydrogen) atoms. The lowest BCUT2D eigenvalue weighted by molar-refractivity contribution is -0.136. The Bertz CT molecular complexity index is 881. The van der Waals surface area contributed by atoms with Crippen molar-refractivity contribution in [3.05, 3.63) is 48.0 Å². The number of benzene rings is 2. The van der Waals surface area contributed by atoms with Gasteiger partial charge >= 0.3 is 11.8 Å². The summed E-state index contributed by atoms with van der Waals surface area (Å²) in [6, 6.07) is 12.1. The summed E-state index contributed by atoms with van der Waals surface area (Å²) in [5.74, 6) is -0.340. The highest BCUT2D eigenvalue weighted by molar-refractivity contribution is 6.39. The molecule has 3 amide bonds. The average Bonchev–Trinajstić information content (AvgIpc) is 2.71. The van der Waals surface area contributed by atoms with E-state index in [9.17, 15) is 14.4 Å². The Morgan fingerprint density at radius 2 is 1.40 bits per heavy atom. The maximum Gasteiger partial charge on any atom is 0.313 e. The highest BCUT2D eigenvalue weighted by Crippen LogP contribution is 2.28. The smallest absolute Gasteiger partial charge is 0.313 e. The van der Waals surface area contributed by atoms with Gasteiger partial charge in [-0.1, -0.05) is 6.07 Å². The number of nitrogens with one attached hydrogen (secondary N) is 3. The van der Waals surface area contributed by atoms with Gasteiger partial charge < -0.3 is 25.4 Å². The van der Waals surface area contributed by atoms with Crippen molar-refractivity contribution in [3.8, 4) is 11.5 Å². The van der Waals surface area contributed by atoms with Crippen molar-refractivity contribution >= 4 is 29.1 Å². The van der Waals surface area contributed by atoms with Crippen LogP contribution in [0.3, 0.4) is 0 Å². The van der Waals surface area contributed by atoms with E-state index < -0.39 is 11.8 Å². The van der Waals surface area contributed by atoms with Gasteiger partial charge in [-0.2, -0.15) is 0 Å². The summed E-state index contributed by atoms with van der Waals surface area (Å²) in [5, 5.41) is 7.74. The van der Waals surface area contributed by atoms with Crippen molar-refractivity contribution in [2.45, 2.75) is 27.2 Å². The number of hydrogen-bond donors (Lipinski definition) is 3. The zero-order valence-corrected chi connectivity index (χ0v) is 17.4. The predicted octanol–water partition coefficient (Wildman–Crippen LogP) is 2.74. The Morgan fingerprint density at radius 3 is 2.00 bits per heavy atom. The van der Waals surface area contributed by atoms with Crippen LogP contribution in [0.2, 0.25) is 0 Å². The third-order valence-corrected chi connectivity index (χ3v) is 3.98. The number of ether oxygens (including phenoxy) is 2. The number of hydrogen-bond acceptors (Lipinski definition) is 5. The molecule has 0 atom stereocenters. The first-order valence-electron chi connectivity index (χ1n) is 9.78. The predicted molar refractivity (Wildman–Crippen MR) is 115 cm³/mol. The van der Waals surface area contributed by atoms with Crippen molar-refractivity contribution in [1.29, 1.82) is 0 Å². The van der Waals surface area contributed by atoms with Crippen molar-refractivity contribution in [2.24, 2.45) is 0 Å². The van der Waals surface area contributed by atoms with E-state index in [4.69, 9.17) is 9.47 Å². The third-order valence-electron chi connectivity index (χ3n) is 3.98. The Balaban J connectivity index is 1.84. The fourth-order valence-electron chi connectivity index (χ4n) is 2.68. The van der Waals surface area contributed by atoms with Crippen LogP contribution in [-0.4, -0.2) is 37.5 Å². The molecule has 0 aliphatic carbocycles. The van der Waals surface area contributed by atoms with Crippen LogP contribution in [0.5, 0.6) is 11.5 Å². The van der Waals surface area contributed by atoms with E-state index in [0.29, 0.717) is 49.1 Å². The minimum atomic E-state index is -0.760. The van der Waals surface area contributed by atoms with Crippen molar-refractivity contribution in [2.75, 3.05) is 30.4 Å². The van der Waals surface area contributed by atoms with Gasteiger partial charge in [0.15, 0.2) is 11.5 Å². The maximum atomic E-state index is 12.0. The topological polar surface area (TPSA) is 106 Å². The summed E-state index contributed by atoms with van der Waals surface area (Å²) in [4.78, 5) is 35.1. The molecule has 0 aliphatic rings. The SMILES string of the molecule is CCOc1ccc(CCNC(=O)C(=O)Nc2ccc(NC(C)=O)cc2)cc1OCC. The second kappa shape index (κ2) is 11.5. The Kier molecular flexibility index (Phi) is 8.68. The number of carbonyl (C=O) groups excluding carboxylic acids is 3. The molecule has 160 valence electrons. The Morgan fingerprint density at radius 1 is 0.800 bits per heavy atom. The molecule has 0 heterocycles. The minimum Gasteiger partial charge on any atom is -0.490 e. The molecule has 8 heteroatoms. The van der Waals surface area contributed by atoms with E-state index in [1.807, 2.05) is 32.0 Å². The van der Waals surface area contributed by atoms with Crippen LogP contribution in [0.4, 0.5) is 11.4 Å². The van der Waals surface area contributed by atoms with Crippen molar-refractivity contribution in [3.63, 3.8) is 0 Å². The molecular formula is C22H27N3O5. The second-order valence-corrected chi connectivity index (χ2v) is 6.37. The van der Waals surface area contributed by atoms with Crippen molar-refractivity contribution in [1.82, 2.24) is 5.32 Å². The molecule has 0 saturated heterocycles. The average molecular weight is 413 g/mol. The van der Waals surface area contributed by atoms with Crippen LogP contribution in [-0.2, 0) is 20.8 Å². The molecule has 0 unspecified atom stereocenters. The van der Waals surface area contributed by atoms with Gasteiger partial charge in [-0.3, -0.25) is 14.4 Å². The van der Waals surface area contributed by atoms with Gasteiger partial charge in [-0.15, -0.1) is 0 Å². The molecule has 3 N–H and O–H groups in total. The summed E-state index contributed by atoms with van der Waals surface area (Å²) in [7, 11) is 0. The number of anilines is 2. The molecular weight excluding hydrogens is 386 g/mol. The summed E-state index contributed by atoms with van der Waals surface area (Å²) in [6.45, 7) is 6.57. The van der Waals surface area contributed by atoms with Crippen LogP contribution in [0.15, 0.2) is 42.5 Å². The number of amides is 3. The summed E-state index contributed by atoms with van der Waals surface area (Å²) in [5.41, 5.74) is 2.01. The van der Waals surface area contributed by atoms with E-state index >= 15 is 0 Å². The van der Waals surface area contributed by atoms with Gasteiger partial charge in [0.05, 0.1) is 13.2 Å². The first kappa shape index (κ1) is 22.7. The van der Waals surface area contributed by atoms with E-state index in [2.05, 4.69) is 16.0 Å². The van der Waals surface area contributed by atoms with Gasteiger partial charge in [-0.25, -0.2) is 0 Å². The number of carbonyl (C=O) groups is 3. The fraction of sp³-hybridized carbons (Fsp3) is 0.318. The Hall–Kier alpha value is -3.55. The van der Waals surface area contributed by atoms with Crippen LogP contribution < -0.4 is 25.4 Å². The van der Waals surface area contributed by atoms with Gasteiger partial charge in [-0.05, 0) is 62.2 Å². The molecule has 0 spiro atoms. The quantitative estimate of drug-likeness (QED) is 0.548. The zero-order chi connectivity index (χ0) is 21.9. The van der Waals surface area contributed by atoms with Gasteiger partial charge in [0.25, 0.3) is 0 Å². The summed E-state index contributed by atoms with van der Waals surface area (Å²) in [6.07, 6.45) is 0.539. The fourth-order valence-corrected chi connectivity index (χ4v) is 2.68. The molecule has 2 rings (SSSR count). The maximum absolute atomic E-state index is 12.0. The lowest BCUT2D eigenvalue weighted by Gasteiger charge is -2.12. The van der Waals surface area contributed by atoms with E-state index in [1.54, 1.807) is 24.3 Å². The van der Waals surface area contributed by atoms with Crippen LogP contribution in [0, 0.1) is 0 Å². The van der Waals surface area contributed by atoms with E-state index in [1.165, 1.54) is 6.92 Å². The van der Waals surface area contributed by atoms with Crippen molar-refractivity contribution < 1.29 is 23.9 Å². The molecule has 0 aliphatic heterocycles. The minimum absolute atomic E-state index is 0.188. The highest BCUT2D eigenvalue weighted by atomic mass is 16.5. The summed E-state index contributed by atoms with van der Waals surface area (Å²) >= 11 is 0. The number of rotatable bonds is 9. The molecule has 0 radical (unpaired) electrons. The molecule has 0 fully saturated rings. The lowest BCUT2D eigenvalue weighted by atomic mass is 10.1. The molecule has 0 bridgehead atoms. The first-order valence-corrected chi connectivity index (χ1v) is 9.78. The van der Waals surface area contributed by atoms with Gasteiger partial charge in [0.2, 0.25) is 5.91 Å². The van der Waals surface area contributed by atoms with Crippen LogP contribution in [0.1, 0.15) is 26.3 Å². The first-order chi connectivity index (χ1) is 14.4. The molecule has 2 aromatic carbocycles. The monoisotopic (exact) mass is 413 g/mol. The zero-order valence-electron chi connectivity index (χ0n) is 17.4.